The van der Waals surface area contributed by atoms with E-state index in [1.165, 1.54) is 0 Å². The molecule has 1 aliphatic rings. The molecule has 14 heavy (non-hydrogen) atoms. The lowest BCUT2D eigenvalue weighted by molar-refractivity contribution is 0.312. The lowest BCUT2D eigenvalue weighted by Crippen LogP contribution is -2.44. The van der Waals surface area contributed by atoms with E-state index in [9.17, 15) is 0 Å². The molecule has 2 heterocycles. The van der Waals surface area contributed by atoms with Crippen LogP contribution in [0.15, 0.2) is 17.0 Å². The fraction of sp³-hybridized carbons (Fsp3) is 0.556. The molecule has 1 aromatic heterocycles. The molecule has 0 aromatic carbocycles. The average Bonchev–Trinajstić information content (AvgIpc) is 2.36. The highest BCUT2D eigenvalue weighted by Crippen LogP contribution is 2.13. The summed E-state index contributed by atoms with van der Waals surface area (Å²) in [5, 5.41) is 0. The van der Waals surface area contributed by atoms with Crippen LogP contribution in [0.25, 0.3) is 0 Å². The summed E-state index contributed by atoms with van der Waals surface area (Å²) < 4.78 is 86.4. The number of halogens is 1. The summed E-state index contributed by atoms with van der Waals surface area (Å²) in [6.07, 6.45) is 2.03. The number of rotatable bonds is 1. The minimum absolute atomic E-state index is 0.141. The maximum absolute atomic E-state index is 8.06. The zero-order valence-corrected chi connectivity index (χ0v) is 8.41. The largest absolute Gasteiger partial charge is 0.353 e. The van der Waals surface area contributed by atoms with Gasteiger partial charge in [-0.25, -0.2) is 9.97 Å². The summed E-state index contributed by atoms with van der Waals surface area (Å²) in [6.45, 7) is -16.9. The molecule has 0 radical (unpaired) electrons. The van der Waals surface area contributed by atoms with Crippen molar-refractivity contribution >= 4 is 21.7 Å². The van der Waals surface area contributed by atoms with Crippen LogP contribution >= 0.6 is 15.9 Å². The summed E-state index contributed by atoms with van der Waals surface area (Å²) in [5.41, 5.74) is 0. The highest BCUT2D eigenvalue weighted by atomic mass is 79.9. The van der Waals surface area contributed by atoms with Gasteiger partial charge in [-0.15, -0.1) is 0 Å². The van der Waals surface area contributed by atoms with Crippen molar-refractivity contribution in [1.29, 1.82) is 0 Å². The van der Waals surface area contributed by atoms with Gasteiger partial charge in [0.1, 0.15) is 10.4 Å². The molecule has 0 unspecified atom stereocenters. The monoisotopic (exact) mass is 267 g/mol. The van der Waals surface area contributed by atoms with Crippen molar-refractivity contribution in [2.75, 3.05) is 37.9 Å². The predicted octanol–water partition coefficient (Wildman–Crippen LogP) is 0.991. The number of piperazine rings is 1. The summed E-state index contributed by atoms with van der Waals surface area (Å²) in [5.74, 6) is -0.490. The molecule has 0 aliphatic carbocycles. The average molecular weight is 268 g/mol. The van der Waals surface area contributed by atoms with Gasteiger partial charge in [-0.2, -0.15) is 0 Å². The van der Waals surface area contributed by atoms with Crippen molar-refractivity contribution in [3.05, 3.63) is 17.0 Å². The molecule has 0 amide bonds. The first-order valence-electron chi connectivity index (χ1n) is 9.07. The number of nitrogens with zero attached hydrogens (tertiary/aromatic N) is 4. The van der Waals surface area contributed by atoms with Gasteiger partial charge < -0.3 is 9.80 Å². The molecule has 76 valence electrons. The molecule has 0 atom stereocenters. The van der Waals surface area contributed by atoms with Crippen molar-refractivity contribution in [3.8, 4) is 0 Å². The van der Waals surface area contributed by atoms with Crippen LogP contribution in [0.1, 0.15) is 15.1 Å². The fourth-order valence-electron chi connectivity index (χ4n) is 0.791. The van der Waals surface area contributed by atoms with Crippen molar-refractivity contribution < 1.29 is 15.1 Å². The molecule has 5 heteroatoms. The molecule has 0 saturated carbocycles. The van der Waals surface area contributed by atoms with Crippen LogP contribution in [0.4, 0.5) is 5.82 Å². The Morgan fingerprint density at radius 1 is 1.36 bits per heavy atom. The maximum Gasteiger partial charge on any atom is 0.147 e. The van der Waals surface area contributed by atoms with Gasteiger partial charge >= 0.3 is 0 Å². The summed E-state index contributed by atoms with van der Waals surface area (Å²) in [7, 11) is 0. The molecular formula is C9H13BrN4. The van der Waals surface area contributed by atoms with E-state index in [2.05, 4.69) is 25.9 Å². The van der Waals surface area contributed by atoms with Gasteiger partial charge in [0.2, 0.25) is 0 Å². The Morgan fingerprint density at radius 3 is 2.71 bits per heavy atom. The van der Waals surface area contributed by atoms with E-state index >= 15 is 0 Å². The standard InChI is InChI=1S/C9H13BrN4/c1-13-2-4-14(5-3-13)9-7-11-8(10)6-12-9/h6-7H,2-5H2,1H3/i1D3,2D2,3D2,4D2,5D2. The summed E-state index contributed by atoms with van der Waals surface area (Å²) in [6, 6.07) is 0. The van der Waals surface area contributed by atoms with Crippen LogP contribution in [0.5, 0.6) is 0 Å². The maximum atomic E-state index is 8.06. The van der Waals surface area contributed by atoms with Crippen LogP contribution in [-0.4, -0.2) is 47.8 Å². The molecule has 1 saturated heterocycles. The first-order chi connectivity index (χ1) is 11.0. The van der Waals surface area contributed by atoms with E-state index in [1.54, 1.807) is 0 Å². The Morgan fingerprint density at radius 2 is 2.14 bits per heavy atom. The van der Waals surface area contributed by atoms with Crippen molar-refractivity contribution in [2.24, 2.45) is 0 Å². The first-order valence-corrected chi connectivity index (χ1v) is 4.36. The highest BCUT2D eigenvalue weighted by Gasteiger charge is 2.14. The lowest BCUT2D eigenvalue weighted by atomic mass is 10.3. The van der Waals surface area contributed by atoms with Gasteiger partial charge in [-0.3, -0.25) is 0 Å². The van der Waals surface area contributed by atoms with Gasteiger partial charge in [-0.05, 0) is 22.9 Å². The molecular weight excluding hydrogens is 244 g/mol. The number of anilines is 1. The molecule has 1 aliphatic heterocycles. The van der Waals surface area contributed by atoms with Crippen LogP contribution in [0.3, 0.4) is 0 Å². The number of aromatic nitrogens is 2. The number of likely N-dealkylation sites (N-methyl/N-ethyl adjacent to an activating group) is 1. The Hall–Kier alpha value is -0.680. The molecule has 0 spiro atoms. The second kappa shape index (κ2) is 4.23. The van der Waals surface area contributed by atoms with E-state index < -0.39 is 43.7 Å². The molecule has 0 bridgehead atoms. The second-order valence-corrected chi connectivity index (χ2v) is 3.13. The number of hydrogen-bond acceptors (Lipinski definition) is 4. The van der Waals surface area contributed by atoms with Crippen LogP contribution < -0.4 is 4.90 Å². The van der Waals surface area contributed by atoms with Crippen LogP contribution in [-0.2, 0) is 0 Å². The zero-order chi connectivity index (χ0) is 19.6. The van der Waals surface area contributed by atoms with Crippen LogP contribution in [0, 0.1) is 0 Å². The molecule has 2 rings (SSSR count). The smallest absolute Gasteiger partial charge is 0.147 e. The molecule has 1 aromatic rings. The Kier molecular flexibility index (Phi) is 0.953. The normalized spacial score (nSPS) is 45.5. The minimum Gasteiger partial charge on any atom is -0.353 e. The van der Waals surface area contributed by atoms with Gasteiger partial charge in [-0.1, -0.05) is 0 Å². The zero-order valence-electron chi connectivity index (χ0n) is 17.8. The summed E-state index contributed by atoms with van der Waals surface area (Å²) in [4.78, 5) is 7.26. The van der Waals surface area contributed by atoms with Crippen LogP contribution in [0.2, 0.25) is 0 Å². The van der Waals surface area contributed by atoms with E-state index in [1.807, 2.05) is 0 Å². The van der Waals surface area contributed by atoms with E-state index in [4.69, 9.17) is 15.1 Å². The van der Waals surface area contributed by atoms with Crippen molar-refractivity contribution in [2.45, 2.75) is 0 Å². The van der Waals surface area contributed by atoms with Gasteiger partial charge in [0.25, 0.3) is 0 Å². The molecule has 0 N–H and O–H groups in total. The number of hydrogen-bond donors (Lipinski definition) is 0. The van der Waals surface area contributed by atoms with Gasteiger partial charge in [0, 0.05) is 35.6 Å². The quantitative estimate of drug-likeness (QED) is 0.760. The third kappa shape index (κ3) is 2.22. The van der Waals surface area contributed by atoms with E-state index in [0.717, 1.165) is 12.4 Å². The SMILES string of the molecule is [2H]C([2H])([2H])N1C([2H])([2H])C([2H])([2H])N(c2cnc(Br)cn2)C([2H])([2H])C1([2H])[2H]. The highest BCUT2D eigenvalue weighted by molar-refractivity contribution is 9.10. The first kappa shape index (κ1) is 3.15. The third-order valence-electron chi connectivity index (χ3n) is 1.38. The Balaban J connectivity index is 2.77. The van der Waals surface area contributed by atoms with Gasteiger partial charge in [0.05, 0.1) is 17.9 Å². The van der Waals surface area contributed by atoms with E-state index in [0.29, 0.717) is 0 Å². The predicted molar refractivity (Wildman–Crippen MR) is 59.4 cm³/mol. The lowest BCUT2D eigenvalue weighted by Gasteiger charge is -2.32. The topological polar surface area (TPSA) is 32.3 Å². The fourth-order valence-corrected chi connectivity index (χ4v) is 0.996. The molecule has 1 fully saturated rings. The van der Waals surface area contributed by atoms with E-state index in [-0.39, 0.29) is 9.50 Å². The molecule has 4 nitrogen and oxygen atoms in total. The second-order valence-electron chi connectivity index (χ2n) is 2.32. The van der Waals surface area contributed by atoms with Gasteiger partial charge in [0.15, 0.2) is 0 Å². The Bertz CT molecular complexity index is 631. The minimum atomic E-state index is -3.44. The van der Waals surface area contributed by atoms with Crippen molar-refractivity contribution in [3.63, 3.8) is 0 Å². The third-order valence-corrected chi connectivity index (χ3v) is 1.79. The van der Waals surface area contributed by atoms with Crippen molar-refractivity contribution in [1.82, 2.24) is 14.9 Å². The summed E-state index contributed by atoms with van der Waals surface area (Å²) >= 11 is 3.00. The Labute approximate surface area is 108 Å².